The van der Waals surface area contributed by atoms with Crippen molar-refractivity contribution in [2.75, 3.05) is 11.9 Å². The maximum Gasteiger partial charge on any atom is 0.271 e. The summed E-state index contributed by atoms with van der Waals surface area (Å²) < 4.78 is 0. The molecule has 0 aliphatic rings. The predicted octanol–water partition coefficient (Wildman–Crippen LogP) is 4.33. The molecule has 0 saturated carbocycles. The molecule has 140 valence electrons. The fourth-order valence-corrected chi connectivity index (χ4v) is 3.14. The van der Waals surface area contributed by atoms with Crippen molar-refractivity contribution in [2.24, 2.45) is 0 Å². The number of fused-ring (bicyclic) bond motifs is 1. The van der Waals surface area contributed by atoms with Gasteiger partial charge >= 0.3 is 0 Å². The normalized spacial score (nSPS) is 10.8. The molecule has 0 fully saturated rings. The summed E-state index contributed by atoms with van der Waals surface area (Å²) in [6, 6.07) is 18.8. The van der Waals surface area contributed by atoms with Crippen molar-refractivity contribution in [1.82, 2.24) is 20.5 Å². The van der Waals surface area contributed by atoms with Crippen molar-refractivity contribution in [3.05, 3.63) is 83.1 Å². The van der Waals surface area contributed by atoms with E-state index in [1.165, 1.54) is 10.9 Å². The van der Waals surface area contributed by atoms with Crippen LogP contribution in [-0.2, 0) is 6.42 Å². The summed E-state index contributed by atoms with van der Waals surface area (Å²) >= 11 is 6.11. The van der Waals surface area contributed by atoms with Gasteiger partial charge < -0.3 is 15.6 Å². The van der Waals surface area contributed by atoms with E-state index in [0.717, 1.165) is 17.6 Å². The predicted molar refractivity (Wildman–Crippen MR) is 111 cm³/mol. The Morgan fingerprint density at radius 2 is 1.82 bits per heavy atom. The highest BCUT2D eigenvalue weighted by atomic mass is 35.5. The minimum atomic E-state index is -0.253. The second-order valence-electron chi connectivity index (χ2n) is 6.27. The number of halogens is 1. The molecule has 4 rings (SSSR count). The number of aromatic nitrogens is 3. The van der Waals surface area contributed by atoms with Gasteiger partial charge in [0.15, 0.2) is 11.5 Å². The third-order valence-corrected chi connectivity index (χ3v) is 4.72. The first-order valence-corrected chi connectivity index (χ1v) is 9.27. The summed E-state index contributed by atoms with van der Waals surface area (Å²) in [4.78, 5) is 15.5. The second kappa shape index (κ2) is 8.10. The van der Waals surface area contributed by atoms with Crippen LogP contribution in [0.5, 0.6) is 0 Å². The Morgan fingerprint density at radius 1 is 1.00 bits per heavy atom. The lowest BCUT2D eigenvalue weighted by molar-refractivity contribution is 0.0948. The van der Waals surface area contributed by atoms with Crippen molar-refractivity contribution in [3.8, 4) is 0 Å². The molecule has 0 aliphatic heterocycles. The number of nitrogens with zero attached hydrogens (tertiary/aromatic N) is 2. The van der Waals surface area contributed by atoms with Gasteiger partial charge in [0.1, 0.15) is 0 Å². The number of amides is 1. The molecule has 2 aromatic heterocycles. The van der Waals surface area contributed by atoms with Gasteiger partial charge in [-0.25, -0.2) is 0 Å². The lowest BCUT2D eigenvalue weighted by Gasteiger charge is -2.07. The molecule has 0 bridgehead atoms. The third kappa shape index (κ3) is 3.97. The summed E-state index contributed by atoms with van der Waals surface area (Å²) in [5.41, 5.74) is 3.26. The maximum atomic E-state index is 12.3. The van der Waals surface area contributed by atoms with Gasteiger partial charge in [-0.1, -0.05) is 41.9 Å². The molecule has 0 saturated heterocycles. The van der Waals surface area contributed by atoms with Gasteiger partial charge in [-0.05, 0) is 42.3 Å². The van der Waals surface area contributed by atoms with Crippen LogP contribution in [0.25, 0.3) is 10.9 Å². The zero-order valence-electron chi connectivity index (χ0n) is 14.9. The number of H-pyrrole nitrogens is 1. The van der Waals surface area contributed by atoms with Crippen molar-refractivity contribution >= 4 is 39.9 Å². The molecule has 0 spiro atoms. The Bertz CT molecular complexity index is 1110. The molecular weight excluding hydrogens is 374 g/mol. The van der Waals surface area contributed by atoms with Crippen LogP contribution in [0, 0.1) is 0 Å². The van der Waals surface area contributed by atoms with Gasteiger partial charge in [0.2, 0.25) is 0 Å². The zero-order chi connectivity index (χ0) is 19.3. The number of hydrogen-bond acceptors (Lipinski definition) is 4. The largest absolute Gasteiger partial charge is 0.361 e. The first kappa shape index (κ1) is 18.0. The van der Waals surface area contributed by atoms with E-state index in [4.69, 9.17) is 11.6 Å². The van der Waals surface area contributed by atoms with Crippen molar-refractivity contribution in [1.29, 1.82) is 0 Å². The van der Waals surface area contributed by atoms with Crippen LogP contribution in [0.1, 0.15) is 16.1 Å². The Morgan fingerprint density at radius 3 is 2.64 bits per heavy atom. The number of nitrogens with one attached hydrogen (secondary N) is 3. The van der Waals surface area contributed by atoms with Crippen LogP contribution >= 0.6 is 11.6 Å². The summed E-state index contributed by atoms with van der Waals surface area (Å²) in [7, 11) is 0. The Balaban J connectivity index is 1.34. The molecule has 0 unspecified atom stereocenters. The zero-order valence-corrected chi connectivity index (χ0v) is 15.7. The molecular formula is C21H18ClN5O. The maximum absolute atomic E-state index is 12.3. The molecule has 28 heavy (non-hydrogen) atoms. The molecule has 2 heterocycles. The number of benzene rings is 2. The first-order valence-electron chi connectivity index (χ1n) is 8.89. The summed E-state index contributed by atoms with van der Waals surface area (Å²) in [5.74, 6) is 0.264. The minimum absolute atomic E-state index is 0.253. The lowest BCUT2D eigenvalue weighted by Crippen LogP contribution is -2.26. The highest BCUT2D eigenvalue weighted by Gasteiger charge is 2.09. The van der Waals surface area contributed by atoms with E-state index in [1.807, 2.05) is 42.6 Å². The average molecular weight is 392 g/mol. The Kier molecular flexibility index (Phi) is 5.21. The van der Waals surface area contributed by atoms with E-state index in [1.54, 1.807) is 18.2 Å². The van der Waals surface area contributed by atoms with E-state index in [9.17, 15) is 4.79 Å². The molecule has 3 N–H and O–H groups in total. The second-order valence-corrected chi connectivity index (χ2v) is 6.68. The Hall–Kier alpha value is -3.38. The molecule has 4 aromatic rings. The van der Waals surface area contributed by atoms with Crippen LogP contribution in [-0.4, -0.2) is 27.6 Å². The van der Waals surface area contributed by atoms with Crippen molar-refractivity contribution < 1.29 is 4.79 Å². The topological polar surface area (TPSA) is 82.7 Å². The highest BCUT2D eigenvalue weighted by molar-refractivity contribution is 6.33. The number of anilines is 2. The number of carbonyl (C=O) groups is 1. The van der Waals surface area contributed by atoms with Gasteiger partial charge in [0, 0.05) is 23.6 Å². The third-order valence-electron chi connectivity index (χ3n) is 4.39. The van der Waals surface area contributed by atoms with Crippen molar-refractivity contribution in [3.63, 3.8) is 0 Å². The minimum Gasteiger partial charge on any atom is -0.361 e. The Labute approximate surface area is 167 Å². The van der Waals surface area contributed by atoms with E-state index in [-0.39, 0.29) is 11.6 Å². The smallest absolute Gasteiger partial charge is 0.271 e. The molecule has 7 heteroatoms. The van der Waals surface area contributed by atoms with E-state index >= 15 is 0 Å². The number of para-hydroxylation sites is 2. The van der Waals surface area contributed by atoms with Crippen LogP contribution in [0.4, 0.5) is 11.5 Å². The average Bonchev–Trinajstić information content (AvgIpc) is 3.13. The van der Waals surface area contributed by atoms with Crippen LogP contribution in [0.15, 0.2) is 66.9 Å². The lowest BCUT2D eigenvalue weighted by atomic mass is 10.1. The highest BCUT2D eigenvalue weighted by Crippen LogP contribution is 2.23. The fraction of sp³-hybridized carbons (Fsp3) is 0.0952. The SMILES string of the molecule is O=C(NCCc1c[nH]c2ccccc12)c1ccc(Nc2ccccc2Cl)nn1. The van der Waals surface area contributed by atoms with Gasteiger partial charge in [0.25, 0.3) is 5.91 Å². The number of rotatable bonds is 6. The van der Waals surface area contributed by atoms with Gasteiger partial charge in [0.05, 0.1) is 10.7 Å². The standard InChI is InChI=1S/C21H18ClN5O/c22-16-6-2-4-8-18(16)25-20-10-9-19(26-27-20)21(28)23-12-11-14-13-24-17-7-3-1-5-15(14)17/h1-10,13,24H,11-12H2,(H,23,28)(H,25,27). The van der Waals surface area contributed by atoms with E-state index < -0.39 is 0 Å². The summed E-state index contributed by atoms with van der Waals surface area (Å²) in [6.45, 7) is 0.516. The molecule has 0 atom stereocenters. The van der Waals surface area contributed by atoms with Crippen LogP contribution in [0.3, 0.4) is 0 Å². The molecule has 1 amide bonds. The molecule has 2 aromatic carbocycles. The van der Waals surface area contributed by atoms with Crippen LogP contribution in [0.2, 0.25) is 5.02 Å². The number of aromatic amines is 1. The summed E-state index contributed by atoms with van der Waals surface area (Å²) in [6.07, 6.45) is 2.71. The number of hydrogen-bond donors (Lipinski definition) is 3. The van der Waals surface area contributed by atoms with E-state index in [0.29, 0.717) is 17.4 Å². The molecule has 6 nitrogen and oxygen atoms in total. The molecule has 0 aliphatic carbocycles. The molecule has 0 radical (unpaired) electrons. The first-order chi connectivity index (χ1) is 13.7. The summed E-state index contributed by atoms with van der Waals surface area (Å²) in [5, 5.41) is 15.8. The monoisotopic (exact) mass is 391 g/mol. The van der Waals surface area contributed by atoms with Crippen molar-refractivity contribution in [2.45, 2.75) is 6.42 Å². The van der Waals surface area contributed by atoms with Crippen LogP contribution < -0.4 is 10.6 Å². The van der Waals surface area contributed by atoms with Gasteiger partial charge in [-0.3, -0.25) is 4.79 Å². The fourth-order valence-electron chi connectivity index (χ4n) is 2.96. The van der Waals surface area contributed by atoms with Gasteiger partial charge in [-0.15, -0.1) is 10.2 Å². The number of carbonyl (C=O) groups excluding carboxylic acids is 1. The van der Waals surface area contributed by atoms with Gasteiger partial charge in [-0.2, -0.15) is 0 Å². The quantitative estimate of drug-likeness (QED) is 0.457. The van der Waals surface area contributed by atoms with E-state index in [2.05, 4.69) is 31.9 Å².